The van der Waals surface area contributed by atoms with Crippen molar-refractivity contribution in [2.24, 2.45) is 0 Å². The van der Waals surface area contributed by atoms with Crippen molar-refractivity contribution in [1.82, 2.24) is 4.98 Å². The second-order valence-corrected chi connectivity index (χ2v) is 7.63. The van der Waals surface area contributed by atoms with E-state index in [1.807, 2.05) is 60.8 Å². The molecule has 1 aliphatic heterocycles. The SMILES string of the molecule is O=C1Nc2ccccc2C1C(C(=O)c1ccccc1)c1c[nH]c2ccc(Cl)cc12. The monoisotopic (exact) mass is 400 g/mol. The molecule has 2 atom stereocenters. The summed E-state index contributed by atoms with van der Waals surface area (Å²) in [7, 11) is 0. The second-order valence-electron chi connectivity index (χ2n) is 7.20. The molecule has 29 heavy (non-hydrogen) atoms. The molecule has 1 aromatic heterocycles. The topological polar surface area (TPSA) is 62.0 Å². The number of rotatable bonds is 4. The molecular weight excluding hydrogens is 384 g/mol. The van der Waals surface area contributed by atoms with Crippen LogP contribution in [0.1, 0.15) is 33.3 Å². The Morgan fingerprint density at radius 1 is 0.966 bits per heavy atom. The van der Waals surface area contributed by atoms with E-state index in [1.165, 1.54) is 0 Å². The fourth-order valence-electron chi connectivity index (χ4n) is 4.19. The van der Waals surface area contributed by atoms with Gasteiger partial charge in [0.05, 0.1) is 11.8 Å². The molecule has 0 aliphatic carbocycles. The van der Waals surface area contributed by atoms with E-state index in [2.05, 4.69) is 10.3 Å². The molecule has 0 fully saturated rings. The molecule has 142 valence electrons. The van der Waals surface area contributed by atoms with Gasteiger partial charge in [-0.2, -0.15) is 0 Å². The Morgan fingerprint density at radius 2 is 1.72 bits per heavy atom. The van der Waals surface area contributed by atoms with Gasteiger partial charge in [-0.3, -0.25) is 9.59 Å². The van der Waals surface area contributed by atoms with Gasteiger partial charge in [-0.25, -0.2) is 0 Å². The van der Waals surface area contributed by atoms with E-state index in [1.54, 1.807) is 18.2 Å². The van der Waals surface area contributed by atoms with Crippen LogP contribution in [0.2, 0.25) is 5.02 Å². The van der Waals surface area contributed by atoms with Gasteiger partial charge in [-0.15, -0.1) is 0 Å². The maximum absolute atomic E-state index is 13.7. The number of fused-ring (bicyclic) bond motifs is 2. The number of hydrogen-bond donors (Lipinski definition) is 2. The van der Waals surface area contributed by atoms with E-state index in [0.717, 1.165) is 27.7 Å². The average molecular weight is 401 g/mol. The molecule has 0 saturated carbocycles. The molecule has 1 aliphatic rings. The molecule has 0 bridgehead atoms. The summed E-state index contributed by atoms with van der Waals surface area (Å²) in [6, 6.07) is 22.2. The standard InChI is InChI=1S/C24H17ClN2O2/c25-15-10-11-19-17(12-15)18(13-26-19)21(23(28)14-6-2-1-3-7-14)22-16-8-4-5-9-20(16)27-24(22)29/h1-13,21-22,26H,(H,27,29). The van der Waals surface area contributed by atoms with Crippen molar-refractivity contribution in [3.05, 3.63) is 101 Å². The fourth-order valence-corrected chi connectivity index (χ4v) is 4.36. The molecule has 2 unspecified atom stereocenters. The van der Waals surface area contributed by atoms with Crippen LogP contribution in [0.25, 0.3) is 10.9 Å². The van der Waals surface area contributed by atoms with Gasteiger partial charge in [0, 0.05) is 33.4 Å². The number of amides is 1. The summed E-state index contributed by atoms with van der Waals surface area (Å²) in [5, 5.41) is 4.36. The lowest BCUT2D eigenvalue weighted by molar-refractivity contribution is -0.117. The third kappa shape index (κ3) is 2.93. The molecule has 0 radical (unpaired) electrons. The Labute approximate surface area is 172 Å². The number of nitrogens with one attached hydrogen (secondary N) is 2. The van der Waals surface area contributed by atoms with Gasteiger partial charge >= 0.3 is 0 Å². The number of aromatic amines is 1. The van der Waals surface area contributed by atoms with E-state index >= 15 is 0 Å². The van der Waals surface area contributed by atoms with Gasteiger partial charge in [-0.05, 0) is 35.4 Å². The van der Waals surface area contributed by atoms with Crippen LogP contribution >= 0.6 is 11.6 Å². The number of halogens is 1. The van der Waals surface area contributed by atoms with Crippen LogP contribution in [0, 0.1) is 0 Å². The van der Waals surface area contributed by atoms with Crippen LogP contribution in [0.4, 0.5) is 5.69 Å². The summed E-state index contributed by atoms with van der Waals surface area (Å²) >= 11 is 6.24. The first kappa shape index (κ1) is 17.7. The summed E-state index contributed by atoms with van der Waals surface area (Å²) in [5.74, 6) is -1.55. The highest BCUT2D eigenvalue weighted by Crippen LogP contribution is 2.45. The van der Waals surface area contributed by atoms with E-state index < -0.39 is 11.8 Å². The van der Waals surface area contributed by atoms with E-state index in [0.29, 0.717) is 10.6 Å². The van der Waals surface area contributed by atoms with Gasteiger partial charge in [-0.1, -0.05) is 60.1 Å². The lowest BCUT2D eigenvalue weighted by Gasteiger charge is -2.21. The van der Waals surface area contributed by atoms with Crippen LogP contribution in [0.3, 0.4) is 0 Å². The number of para-hydroxylation sites is 1. The molecule has 4 aromatic rings. The molecule has 0 saturated heterocycles. The minimum Gasteiger partial charge on any atom is -0.361 e. The quantitative estimate of drug-likeness (QED) is 0.443. The van der Waals surface area contributed by atoms with Gasteiger partial charge in [0.1, 0.15) is 0 Å². The molecular formula is C24H17ClN2O2. The molecule has 2 N–H and O–H groups in total. The predicted octanol–water partition coefficient (Wildman–Crippen LogP) is 5.52. The van der Waals surface area contributed by atoms with Gasteiger partial charge in [0.15, 0.2) is 5.78 Å². The van der Waals surface area contributed by atoms with Crippen molar-refractivity contribution in [3.8, 4) is 0 Å². The number of aromatic nitrogens is 1. The zero-order chi connectivity index (χ0) is 20.0. The summed E-state index contributed by atoms with van der Waals surface area (Å²) in [6.45, 7) is 0. The smallest absolute Gasteiger partial charge is 0.233 e. The molecule has 0 spiro atoms. The van der Waals surface area contributed by atoms with Crippen molar-refractivity contribution in [1.29, 1.82) is 0 Å². The second kappa shape index (κ2) is 6.90. The minimum atomic E-state index is -0.673. The lowest BCUT2D eigenvalue weighted by atomic mass is 9.77. The van der Waals surface area contributed by atoms with Crippen molar-refractivity contribution in [3.63, 3.8) is 0 Å². The van der Waals surface area contributed by atoms with Crippen molar-refractivity contribution >= 4 is 39.9 Å². The first-order valence-corrected chi connectivity index (χ1v) is 9.77. The van der Waals surface area contributed by atoms with Crippen molar-refractivity contribution in [2.45, 2.75) is 11.8 Å². The van der Waals surface area contributed by atoms with Crippen LogP contribution in [-0.2, 0) is 4.79 Å². The van der Waals surface area contributed by atoms with Gasteiger partial charge < -0.3 is 10.3 Å². The summed E-state index contributed by atoms with van der Waals surface area (Å²) in [5.41, 5.74) is 3.82. The zero-order valence-corrected chi connectivity index (χ0v) is 16.1. The molecule has 1 amide bonds. The zero-order valence-electron chi connectivity index (χ0n) is 15.4. The fraction of sp³-hybridized carbons (Fsp3) is 0.0833. The molecule has 5 heteroatoms. The van der Waals surface area contributed by atoms with Gasteiger partial charge in [0.2, 0.25) is 5.91 Å². The molecule has 5 rings (SSSR count). The highest BCUT2D eigenvalue weighted by molar-refractivity contribution is 6.31. The number of carbonyl (C=O) groups is 2. The third-order valence-corrected chi connectivity index (χ3v) is 5.76. The predicted molar refractivity (Wildman–Crippen MR) is 115 cm³/mol. The number of anilines is 1. The van der Waals surface area contributed by atoms with Crippen molar-refractivity contribution < 1.29 is 9.59 Å². The number of carbonyl (C=O) groups excluding carboxylic acids is 2. The number of hydrogen-bond acceptors (Lipinski definition) is 2. The Hall–Kier alpha value is -3.37. The summed E-state index contributed by atoms with van der Waals surface area (Å²) in [6.07, 6.45) is 1.82. The Kier molecular flexibility index (Phi) is 4.22. The molecule has 4 nitrogen and oxygen atoms in total. The minimum absolute atomic E-state index is 0.0941. The normalized spacial score (nSPS) is 16.4. The third-order valence-electron chi connectivity index (χ3n) is 5.52. The summed E-state index contributed by atoms with van der Waals surface area (Å²) < 4.78 is 0. The highest BCUT2D eigenvalue weighted by Gasteiger charge is 2.42. The molecule has 3 aromatic carbocycles. The van der Waals surface area contributed by atoms with E-state index in [4.69, 9.17) is 11.6 Å². The Morgan fingerprint density at radius 3 is 2.55 bits per heavy atom. The average Bonchev–Trinajstić information content (AvgIpc) is 3.30. The van der Waals surface area contributed by atoms with Crippen LogP contribution in [0.5, 0.6) is 0 Å². The van der Waals surface area contributed by atoms with Crippen LogP contribution in [-0.4, -0.2) is 16.7 Å². The first-order valence-electron chi connectivity index (χ1n) is 9.39. The number of H-pyrrole nitrogens is 1. The largest absolute Gasteiger partial charge is 0.361 e. The highest BCUT2D eigenvalue weighted by atomic mass is 35.5. The first-order chi connectivity index (χ1) is 14.1. The van der Waals surface area contributed by atoms with E-state index in [9.17, 15) is 9.59 Å². The summed E-state index contributed by atoms with van der Waals surface area (Å²) in [4.78, 5) is 29.9. The lowest BCUT2D eigenvalue weighted by Crippen LogP contribution is -2.26. The maximum atomic E-state index is 13.7. The van der Waals surface area contributed by atoms with Gasteiger partial charge in [0.25, 0.3) is 0 Å². The Balaban J connectivity index is 1.73. The Bertz CT molecular complexity index is 1250. The maximum Gasteiger partial charge on any atom is 0.233 e. The number of Topliss-reactive ketones (excluding diaryl/α,β-unsaturated/α-hetero) is 1. The van der Waals surface area contributed by atoms with Crippen molar-refractivity contribution in [2.75, 3.05) is 5.32 Å². The van der Waals surface area contributed by atoms with Crippen LogP contribution in [0.15, 0.2) is 79.0 Å². The number of benzene rings is 3. The molecule has 2 heterocycles. The van der Waals surface area contributed by atoms with Crippen LogP contribution < -0.4 is 5.32 Å². The number of ketones is 1. The van der Waals surface area contributed by atoms with E-state index in [-0.39, 0.29) is 11.7 Å².